The number of aromatic hydroxyl groups is 1. The minimum Gasteiger partial charge on any atom is -0.505 e. The van der Waals surface area contributed by atoms with E-state index in [4.69, 9.17) is 0 Å². The molecule has 4 amide bonds. The van der Waals surface area contributed by atoms with Crippen LogP contribution in [0.25, 0.3) is 0 Å². The Morgan fingerprint density at radius 2 is 1.82 bits per heavy atom. The number of carbonyl (C=O) groups is 4. The van der Waals surface area contributed by atoms with Gasteiger partial charge in [-0.05, 0) is 55.9 Å². The van der Waals surface area contributed by atoms with Crippen molar-refractivity contribution in [1.82, 2.24) is 30.8 Å². The zero-order chi connectivity index (χ0) is 29.0. The first-order chi connectivity index (χ1) is 19.1. The summed E-state index contributed by atoms with van der Waals surface area (Å²) in [5.74, 6) is -3.75. The summed E-state index contributed by atoms with van der Waals surface area (Å²) in [5, 5.41) is 29.7. The van der Waals surface area contributed by atoms with E-state index in [0.717, 1.165) is 24.8 Å². The molecule has 40 heavy (non-hydrogen) atoms. The number of pyridine rings is 2. The quantitative estimate of drug-likeness (QED) is 0.349. The third kappa shape index (κ3) is 6.22. The fourth-order valence-corrected chi connectivity index (χ4v) is 5.08. The average Bonchev–Trinajstić information content (AvgIpc) is 2.92. The Morgan fingerprint density at radius 1 is 1.10 bits per heavy atom. The second kappa shape index (κ2) is 12.4. The second-order valence-electron chi connectivity index (χ2n) is 10.6. The maximum Gasteiger partial charge on any atom is 0.274 e. The van der Waals surface area contributed by atoms with Crippen molar-refractivity contribution in [2.75, 3.05) is 7.05 Å². The van der Waals surface area contributed by atoms with E-state index in [1.165, 1.54) is 30.3 Å². The summed E-state index contributed by atoms with van der Waals surface area (Å²) in [5.41, 5.74) is 0.445. The standard InChI is InChI=1S/C28H36N6O6/c1-15-24(36)19(13-17-7-5-11-29-14-17)31-26(38)21(32-27(39)23-20(35)10-6-12-30-23)16(2)34(3)28(40)22(33-25(15)37)18-8-4-9-18/h5-7,10-12,14-16,18-19,21-22,24,35-36H,4,8-9,13H2,1-3H3,(H,31,38)(H,32,39)(H,33,37)/t15-,16-,19+,21+,22?,24+/m1/s1. The number of nitrogens with zero attached hydrogens (tertiary/aromatic N) is 3. The van der Waals surface area contributed by atoms with Gasteiger partial charge in [0, 0.05) is 25.6 Å². The van der Waals surface area contributed by atoms with Gasteiger partial charge in [-0.25, -0.2) is 4.98 Å². The van der Waals surface area contributed by atoms with Crippen LogP contribution in [0.4, 0.5) is 0 Å². The summed E-state index contributed by atoms with van der Waals surface area (Å²) in [6.07, 6.45) is 5.85. The number of likely N-dealkylation sites (N-methyl/N-ethyl adjacent to an activating group) is 1. The monoisotopic (exact) mass is 552 g/mol. The highest BCUT2D eigenvalue weighted by molar-refractivity contribution is 5.98. The molecule has 5 N–H and O–H groups in total. The molecule has 2 fully saturated rings. The molecule has 3 heterocycles. The number of hydrogen-bond acceptors (Lipinski definition) is 8. The molecule has 4 rings (SSSR count). The lowest BCUT2D eigenvalue weighted by Gasteiger charge is -2.40. The Labute approximate surface area is 232 Å². The third-order valence-electron chi connectivity index (χ3n) is 8.04. The van der Waals surface area contributed by atoms with Crippen LogP contribution in [-0.2, 0) is 20.8 Å². The molecule has 2 aliphatic rings. The number of amides is 4. The Morgan fingerprint density at radius 3 is 2.45 bits per heavy atom. The highest BCUT2D eigenvalue weighted by atomic mass is 16.3. The predicted molar refractivity (Wildman–Crippen MR) is 144 cm³/mol. The van der Waals surface area contributed by atoms with E-state index in [2.05, 4.69) is 25.9 Å². The van der Waals surface area contributed by atoms with Crippen molar-refractivity contribution in [3.63, 3.8) is 0 Å². The molecule has 0 spiro atoms. The molecule has 1 aliphatic heterocycles. The lowest BCUT2D eigenvalue weighted by Crippen LogP contribution is -2.65. The smallest absolute Gasteiger partial charge is 0.274 e. The molecule has 12 heteroatoms. The Kier molecular flexibility index (Phi) is 8.98. The molecule has 6 atom stereocenters. The third-order valence-corrected chi connectivity index (χ3v) is 8.04. The fraction of sp³-hybridized carbons (Fsp3) is 0.500. The molecule has 1 unspecified atom stereocenters. The van der Waals surface area contributed by atoms with Gasteiger partial charge in [-0.15, -0.1) is 0 Å². The first-order valence-corrected chi connectivity index (χ1v) is 13.5. The van der Waals surface area contributed by atoms with Gasteiger partial charge >= 0.3 is 0 Å². The van der Waals surface area contributed by atoms with E-state index < -0.39 is 59.8 Å². The number of aliphatic hydroxyl groups is 1. The maximum absolute atomic E-state index is 13.8. The van der Waals surface area contributed by atoms with Crippen LogP contribution < -0.4 is 16.0 Å². The SMILES string of the molecule is C[C@@H]1[C@H](NC(=O)c2ncccc2O)C(=O)N[C@@H](Cc2cccnc2)[C@@H](O)[C@@H](C)C(=O)NC(C2CCC2)C(=O)N1C. The molecule has 1 aliphatic carbocycles. The van der Waals surface area contributed by atoms with Crippen LogP contribution in [0.1, 0.15) is 49.2 Å². The minimum absolute atomic E-state index is 0.0723. The first-order valence-electron chi connectivity index (χ1n) is 13.5. The number of nitrogens with one attached hydrogen (secondary N) is 3. The lowest BCUT2D eigenvalue weighted by atomic mass is 9.78. The van der Waals surface area contributed by atoms with Crippen molar-refractivity contribution >= 4 is 23.6 Å². The topological polar surface area (TPSA) is 174 Å². The number of hydrogen-bond donors (Lipinski definition) is 5. The minimum atomic E-state index is -1.31. The lowest BCUT2D eigenvalue weighted by molar-refractivity contribution is -0.144. The van der Waals surface area contributed by atoms with Gasteiger partial charge in [0.25, 0.3) is 5.91 Å². The Balaban J connectivity index is 1.71. The molecule has 1 saturated carbocycles. The van der Waals surface area contributed by atoms with Gasteiger partial charge in [0.05, 0.1) is 24.1 Å². The van der Waals surface area contributed by atoms with E-state index in [1.807, 2.05) is 0 Å². The van der Waals surface area contributed by atoms with E-state index in [0.29, 0.717) is 0 Å². The average molecular weight is 553 g/mol. The van der Waals surface area contributed by atoms with Crippen LogP contribution in [0.3, 0.4) is 0 Å². The molecule has 2 aromatic heterocycles. The second-order valence-corrected chi connectivity index (χ2v) is 10.6. The van der Waals surface area contributed by atoms with Gasteiger partial charge < -0.3 is 31.1 Å². The molecule has 214 valence electrons. The van der Waals surface area contributed by atoms with Crippen LogP contribution >= 0.6 is 0 Å². The van der Waals surface area contributed by atoms with Gasteiger partial charge in [-0.3, -0.25) is 24.2 Å². The number of aliphatic hydroxyl groups excluding tert-OH is 1. The summed E-state index contributed by atoms with van der Waals surface area (Å²) in [7, 11) is 1.52. The van der Waals surface area contributed by atoms with Gasteiger partial charge in [0.1, 0.15) is 17.8 Å². The highest BCUT2D eigenvalue weighted by Crippen LogP contribution is 2.31. The summed E-state index contributed by atoms with van der Waals surface area (Å²) in [6, 6.07) is 2.38. The number of carbonyl (C=O) groups excluding carboxylic acids is 4. The van der Waals surface area contributed by atoms with E-state index in [1.54, 1.807) is 38.4 Å². The summed E-state index contributed by atoms with van der Waals surface area (Å²) in [6.45, 7) is 3.16. The molecular formula is C28H36N6O6. The van der Waals surface area contributed by atoms with Crippen LogP contribution in [0, 0.1) is 11.8 Å². The van der Waals surface area contributed by atoms with Crippen molar-refractivity contribution in [2.24, 2.45) is 11.8 Å². The fourth-order valence-electron chi connectivity index (χ4n) is 5.08. The predicted octanol–water partition coefficient (Wildman–Crippen LogP) is 0.151. The van der Waals surface area contributed by atoms with Gasteiger partial charge in [0.2, 0.25) is 17.7 Å². The Bertz CT molecular complexity index is 1240. The molecule has 0 aromatic carbocycles. The van der Waals surface area contributed by atoms with Crippen LogP contribution in [0.5, 0.6) is 5.75 Å². The van der Waals surface area contributed by atoms with Gasteiger partial charge in [-0.2, -0.15) is 0 Å². The summed E-state index contributed by atoms with van der Waals surface area (Å²) in [4.78, 5) is 63.2. The molecule has 0 radical (unpaired) electrons. The van der Waals surface area contributed by atoms with Crippen LogP contribution in [-0.4, -0.2) is 86.0 Å². The summed E-state index contributed by atoms with van der Waals surface area (Å²) < 4.78 is 0. The Hall–Kier alpha value is -4.06. The molecule has 12 nitrogen and oxygen atoms in total. The van der Waals surface area contributed by atoms with E-state index in [9.17, 15) is 29.4 Å². The largest absolute Gasteiger partial charge is 0.505 e. The van der Waals surface area contributed by atoms with E-state index >= 15 is 0 Å². The highest BCUT2D eigenvalue weighted by Gasteiger charge is 2.43. The van der Waals surface area contributed by atoms with Crippen LogP contribution in [0.2, 0.25) is 0 Å². The molecule has 2 aromatic rings. The van der Waals surface area contributed by atoms with Crippen molar-refractivity contribution in [3.05, 3.63) is 54.1 Å². The first kappa shape index (κ1) is 28.9. The van der Waals surface area contributed by atoms with Crippen molar-refractivity contribution < 1.29 is 29.4 Å². The maximum atomic E-state index is 13.8. The zero-order valence-corrected chi connectivity index (χ0v) is 22.8. The summed E-state index contributed by atoms with van der Waals surface area (Å²) >= 11 is 0. The molecule has 1 saturated heterocycles. The number of rotatable bonds is 5. The van der Waals surface area contributed by atoms with Crippen LogP contribution in [0.15, 0.2) is 42.9 Å². The van der Waals surface area contributed by atoms with Gasteiger partial charge in [-0.1, -0.05) is 19.4 Å². The number of aromatic nitrogens is 2. The van der Waals surface area contributed by atoms with Gasteiger partial charge in [0.15, 0.2) is 5.69 Å². The van der Waals surface area contributed by atoms with Crippen molar-refractivity contribution in [3.8, 4) is 5.75 Å². The van der Waals surface area contributed by atoms with Crippen molar-refractivity contribution in [2.45, 2.75) is 69.8 Å². The zero-order valence-electron chi connectivity index (χ0n) is 22.8. The molecular weight excluding hydrogens is 516 g/mol. The molecule has 0 bridgehead atoms. The van der Waals surface area contributed by atoms with E-state index in [-0.39, 0.29) is 23.8 Å². The van der Waals surface area contributed by atoms with Crippen molar-refractivity contribution in [1.29, 1.82) is 0 Å². The normalized spacial score (nSPS) is 28.4.